The summed E-state index contributed by atoms with van der Waals surface area (Å²) in [6.07, 6.45) is 5.06. The number of benzene rings is 3. The van der Waals surface area contributed by atoms with Gasteiger partial charge in [0.05, 0.1) is 25.9 Å². The minimum Gasteiger partial charge on any atom is -0.466 e. The highest BCUT2D eigenvalue weighted by atomic mass is 35.5. The number of anilines is 2. The molecule has 7 nitrogen and oxygen atoms in total. The summed E-state index contributed by atoms with van der Waals surface area (Å²) < 4.78 is 5.12. The van der Waals surface area contributed by atoms with Crippen LogP contribution >= 0.6 is 24.8 Å². The lowest BCUT2D eigenvalue weighted by molar-refractivity contribution is -0.144. The summed E-state index contributed by atoms with van der Waals surface area (Å²) in [4.78, 5) is 27.2. The van der Waals surface area contributed by atoms with Crippen LogP contribution in [0.15, 0.2) is 77.9 Å². The molecule has 1 N–H and O–H groups in total. The van der Waals surface area contributed by atoms with Gasteiger partial charge in [-0.1, -0.05) is 36.4 Å². The molecule has 5 rings (SSSR count). The van der Waals surface area contributed by atoms with E-state index < -0.39 is 0 Å². The number of amides is 1. The van der Waals surface area contributed by atoms with Crippen molar-refractivity contribution in [1.82, 2.24) is 5.01 Å². The minimum atomic E-state index is -0.144. The van der Waals surface area contributed by atoms with Crippen molar-refractivity contribution in [3.8, 4) is 0 Å². The van der Waals surface area contributed by atoms with Gasteiger partial charge in [-0.05, 0) is 85.2 Å². The van der Waals surface area contributed by atoms with Crippen molar-refractivity contribution in [1.29, 1.82) is 0 Å². The Bertz CT molecular complexity index is 1310. The summed E-state index contributed by atoms with van der Waals surface area (Å²) in [5.41, 5.74) is 6.07. The van der Waals surface area contributed by atoms with E-state index in [-0.39, 0.29) is 42.6 Å². The Morgan fingerprint density at radius 2 is 1.68 bits per heavy atom. The van der Waals surface area contributed by atoms with Gasteiger partial charge in [0, 0.05) is 36.4 Å². The van der Waals surface area contributed by atoms with Gasteiger partial charge >= 0.3 is 5.97 Å². The highest BCUT2D eigenvalue weighted by Gasteiger charge is 2.22. The second-order valence-electron chi connectivity index (χ2n) is 10.2. The van der Waals surface area contributed by atoms with E-state index in [0.29, 0.717) is 18.6 Å². The molecule has 1 heterocycles. The van der Waals surface area contributed by atoms with Gasteiger partial charge in [0.25, 0.3) is 5.91 Å². The first-order chi connectivity index (χ1) is 19.1. The second-order valence-corrected chi connectivity index (χ2v) is 10.2. The Kier molecular flexibility index (Phi) is 12.0. The minimum absolute atomic E-state index is 0. The van der Waals surface area contributed by atoms with E-state index in [4.69, 9.17) is 4.74 Å². The smallest absolute Gasteiger partial charge is 0.306 e. The molecular weight excluding hydrogens is 559 g/mol. The third kappa shape index (κ3) is 8.72. The Balaban J connectivity index is 0.00000231. The van der Waals surface area contributed by atoms with Crippen molar-refractivity contribution in [3.05, 3.63) is 95.1 Å². The van der Waals surface area contributed by atoms with E-state index in [9.17, 15) is 9.59 Å². The maximum absolute atomic E-state index is 12.9. The van der Waals surface area contributed by atoms with Crippen molar-refractivity contribution in [2.75, 3.05) is 43.0 Å². The lowest BCUT2D eigenvalue weighted by Gasteiger charge is -2.34. The number of hydrazone groups is 1. The van der Waals surface area contributed by atoms with E-state index in [0.717, 1.165) is 56.7 Å². The van der Waals surface area contributed by atoms with Crippen LogP contribution in [0.2, 0.25) is 0 Å². The molecule has 1 atom stereocenters. The van der Waals surface area contributed by atoms with Crippen LogP contribution in [0.4, 0.5) is 11.4 Å². The van der Waals surface area contributed by atoms with Gasteiger partial charge in [-0.15, -0.1) is 24.8 Å². The predicted octanol–water partition coefficient (Wildman–Crippen LogP) is 6.00. The van der Waals surface area contributed by atoms with Gasteiger partial charge in [0.1, 0.15) is 0 Å². The zero-order chi connectivity index (χ0) is 27.0. The van der Waals surface area contributed by atoms with Crippen LogP contribution in [-0.4, -0.2) is 55.9 Å². The van der Waals surface area contributed by atoms with Crippen molar-refractivity contribution < 1.29 is 14.3 Å². The molecule has 0 saturated carbocycles. The molecule has 218 valence electrons. The summed E-state index contributed by atoms with van der Waals surface area (Å²) >= 11 is 0. The Morgan fingerprint density at radius 1 is 0.951 bits per heavy atom. The third-order valence-electron chi connectivity index (χ3n) is 7.48. The average molecular weight is 598 g/mol. The Hall–Kier alpha value is -3.55. The quantitative estimate of drug-likeness (QED) is 0.255. The van der Waals surface area contributed by atoms with Crippen molar-refractivity contribution >= 4 is 54.3 Å². The topological polar surface area (TPSA) is 74.2 Å². The first-order valence-corrected chi connectivity index (χ1v) is 13.8. The van der Waals surface area contributed by atoms with Crippen LogP contribution in [0.25, 0.3) is 0 Å². The number of hydrogen-bond acceptors (Lipinski definition) is 6. The number of ether oxygens (including phenoxy) is 1. The Morgan fingerprint density at radius 3 is 2.39 bits per heavy atom. The van der Waals surface area contributed by atoms with Crippen molar-refractivity contribution in [2.24, 2.45) is 11.0 Å². The van der Waals surface area contributed by atoms with Crippen LogP contribution in [0.5, 0.6) is 0 Å². The summed E-state index contributed by atoms with van der Waals surface area (Å²) in [7, 11) is 0. The molecule has 0 bridgehead atoms. The number of hydrogen-bond donors (Lipinski definition) is 1. The normalized spacial score (nSPS) is 16.3. The highest BCUT2D eigenvalue weighted by molar-refractivity contribution is 6.04. The number of carbonyl (C=O) groups excluding carboxylic acids is 2. The summed E-state index contributed by atoms with van der Waals surface area (Å²) in [6, 6.07) is 24.1. The molecule has 1 aliphatic carbocycles. The standard InChI is InChI=1S/C32H36N4O3.2ClH/c1-2-39-31(37)21-25-10-11-26-14-15-29(22-28(26)20-25)34-32(38)27-12-8-24(9-13-27)23-33-36-18-16-35(17-19-36)30-6-4-3-5-7-30;;/h3-9,12-15,22-23,25H,2,10-11,16-21H2,1H3,(H,34,38);2*1H/b33-23+;;. The van der Waals surface area contributed by atoms with Gasteiger partial charge in [0.15, 0.2) is 0 Å². The molecule has 0 aromatic heterocycles. The van der Waals surface area contributed by atoms with Crippen LogP contribution in [0.3, 0.4) is 0 Å². The molecule has 1 saturated heterocycles. The largest absolute Gasteiger partial charge is 0.466 e. The van der Waals surface area contributed by atoms with E-state index in [1.807, 2.05) is 55.6 Å². The number of piperazine rings is 1. The molecule has 0 radical (unpaired) electrons. The number of fused-ring (bicyclic) bond motifs is 1. The first-order valence-electron chi connectivity index (χ1n) is 13.8. The predicted molar refractivity (Wildman–Crippen MR) is 170 cm³/mol. The lowest BCUT2D eigenvalue weighted by atomic mass is 9.82. The maximum atomic E-state index is 12.9. The number of esters is 1. The fourth-order valence-electron chi connectivity index (χ4n) is 5.32. The number of nitrogens with zero attached hydrogens (tertiary/aromatic N) is 3. The molecule has 9 heteroatoms. The lowest BCUT2D eigenvalue weighted by Crippen LogP contribution is -2.44. The monoisotopic (exact) mass is 596 g/mol. The maximum Gasteiger partial charge on any atom is 0.306 e. The van der Waals surface area contributed by atoms with Gasteiger partial charge < -0.3 is 15.0 Å². The number of halogens is 2. The van der Waals surface area contributed by atoms with E-state index in [1.165, 1.54) is 16.8 Å². The third-order valence-corrected chi connectivity index (χ3v) is 7.48. The number of nitrogens with one attached hydrogen (secondary N) is 1. The zero-order valence-corrected chi connectivity index (χ0v) is 25.0. The molecule has 2 aliphatic rings. The molecule has 1 amide bonds. The SMILES string of the molecule is CCOC(=O)CC1CCc2ccc(NC(=O)c3ccc(/C=N/N4CCN(c5ccccc5)CC4)cc3)cc2C1.Cl.Cl. The van der Waals surface area contributed by atoms with Gasteiger partial charge in [-0.3, -0.25) is 14.6 Å². The van der Waals surface area contributed by atoms with Crippen molar-refractivity contribution in [3.63, 3.8) is 0 Å². The zero-order valence-electron chi connectivity index (χ0n) is 23.3. The first kappa shape index (κ1) is 32.0. The number of aryl methyl sites for hydroxylation is 1. The molecule has 1 aliphatic heterocycles. The Labute approximate surface area is 254 Å². The molecule has 0 spiro atoms. The van der Waals surface area contributed by atoms with E-state index in [1.54, 1.807) is 0 Å². The van der Waals surface area contributed by atoms with Gasteiger partial charge in [-0.25, -0.2) is 0 Å². The molecule has 41 heavy (non-hydrogen) atoms. The van der Waals surface area contributed by atoms with E-state index in [2.05, 4.69) is 50.7 Å². The van der Waals surface area contributed by atoms with Crippen LogP contribution in [0, 0.1) is 5.92 Å². The van der Waals surface area contributed by atoms with Gasteiger partial charge in [-0.2, -0.15) is 5.10 Å². The van der Waals surface area contributed by atoms with E-state index >= 15 is 0 Å². The molecular formula is C32H38Cl2N4O3. The van der Waals surface area contributed by atoms with Crippen LogP contribution < -0.4 is 10.2 Å². The van der Waals surface area contributed by atoms with Crippen molar-refractivity contribution in [2.45, 2.75) is 32.6 Å². The number of rotatable bonds is 8. The molecule has 3 aromatic carbocycles. The van der Waals surface area contributed by atoms with Crippen LogP contribution in [0.1, 0.15) is 46.8 Å². The fourth-order valence-corrected chi connectivity index (χ4v) is 5.32. The fraction of sp³-hybridized carbons (Fsp3) is 0.344. The van der Waals surface area contributed by atoms with Gasteiger partial charge in [0.2, 0.25) is 0 Å². The highest BCUT2D eigenvalue weighted by Crippen LogP contribution is 2.30. The molecule has 1 fully saturated rings. The summed E-state index contributed by atoms with van der Waals surface area (Å²) in [5, 5.41) is 9.77. The van der Waals surface area contributed by atoms with Crippen LogP contribution in [-0.2, 0) is 22.4 Å². The molecule has 3 aromatic rings. The number of carbonyl (C=O) groups is 2. The summed E-state index contributed by atoms with van der Waals surface area (Å²) in [5.74, 6) is 0.00771. The molecule has 1 unspecified atom stereocenters. The summed E-state index contributed by atoms with van der Waals surface area (Å²) in [6.45, 7) is 5.87. The number of para-hydroxylation sites is 1. The second kappa shape index (κ2) is 15.5. The average Bonchev–Trinajstić information content (AvgIpc) is 2.97.